The molecule has 0 aliphatic rings. The Balaban J connectivity index is 1.85. The number of hydroxylamine groups is 1. The fraction of sp³-hybridized carbons (Fsp3) is 0.0952. The lowest BCUT2D eigenvalue weighted by Gasteiger charge is -2.14. The molecule has 150 valence electrons. The van der Waals surface area contributed by atoms with Crippen LogP contribution in [-0.2, 0) is 14.8 Å². The lowest BCUT2D eigenvalue weighted by Crippen LogP contribution is -2.14. The summed E-state index contributed by atoms with van der Waals surface area (Å²) in [6, 6.07) is 16.2. The van der Waals surface area contributed by atoms with Crippen LogP contribution in [0.5, 0.6) is 0 Å². The minimum atomic E-state index is -3.76. The second kappa shape index (κ2) is 8.34. The van der Waals surface area contributed by atoms with Crippen LogP contribution in [-0.4, -0.2) is 37.6 Å². The van der Waals surface area contributed by atoms with Crippen LogP contribution in [0.1, 0.15) is 5.56 Å². The van der Waals surface area contributed by atoms with Gasteiger partial charge in [-0.25, -0.2) is 17.9 Å². The minimum Gasteiger partial charge on any atom is -0.378 e. The zero-order valence-corrected chi connectivity index (χ0v) is 16.8. The summed E-state index contributed by atoms with van der Waals surface area (Å²) in [5.41, 5.74) is 4.95. The average Bonchev–Trinajstić information content (AvgIpc) is 3.22. The first-order valence-electron chi connectivity index (χ1n) is 8.75. The first-order valence-corrected chi connectivity index (χ1v) is 10.2. The molecule has 0 radical (unpaired) electrons. The van der Waals surface area contributed by atoms with Gasteiger partial charge >= 0.3 is 0 Å². The lowest BCUT2D eigenvalue weighted by atomic mass is 10.1. The Morgan fingerprint density at radius 3 is 2.45 bits per heavy atom. The van der Waals surface area contributed by atoms with Crippen LogP contribution in [0, 0.1) is 0 Å². The van der Waals surface area contributed by atoms with Crippen LogP contribution in [0.3, 0.4) is 0 Å². The monoisotopic (exact) mass is 411 g/mol. The Bertz CT molecular complexity index is 1150. The summed E-state index contributed by atoms with van der Waals surface area (Å²) in [4.78, 5) is 13.2. The third kappa shape index (κ3) is 4.56. The van der Waals surface area contributed by atoms with Gasteiger partial charge in [0.1, 0.15) is 0 Å². The van der Waals surface area contributed by atoms with Crippen molar-refractivity contribution in [3.8, 4) is 11.1 Å². The van der Waals surface area contributed by atoms with Crippen molar-refractivity contribution in [3.05, 3.63) is 78.6 Å². The average molecular weight is 411 g/mol. The van der Waals surface area contributed by atoms with Crippen molar-refractivity contribution in [1.82, 2.24) is 9.45 Å². The van der Waals surface area contributed by atoms with E-state index in [2.05, 4.69) is 0 Å². The van der Waals surface area contributed by atoms with Crippen molar-refractivity contribution in [3.63, 3.8) is 0 Å². The predicted octanol–water partition coefficient (Wildman–Crippen LogP) is 2.98. The molecule has 29 heavy (non-hydrogen) atoms. The van der Waals surface area contributed by atoms with E-state index in [9.17, 15) is 13.2 Å². The Morgan fingerprint density at radius 2 is 1.79 bits per heavy atom. The number of nitrogens with one attached hydrogen (secondary N) is 1. The second-order valence-corrected chi connectivity index (χ2v) is 8.40. The SMILES string of the molecule is CN(C)c1cccc(-c2ccc(S(=O)(=O)n3ccc(C=CC(=O)NO)c3)cc2)c1. The molecule has 0 saturated carbocycles. The zero-order valence-electron chi connectivity index (χ0n) is 16.0. The van der Waals surface area contributed by atoms with Gasteiger partial charge < -0.3 is 4.90 Å². The van der Waals surface area contributed by atoms with E-state index in [1.54, 1.807) is 30.3 Å². The van der Waals surface area contributed by atoms with Crippen molar-refractivity contribution in [2.75, 3.05) is 19.0 Å². The smallest absolute Gasteiger partial charge is 0.267 e. The number of carbonyl (C=O) groups excluding carboxylic acids is 1. The first-order chi connectivity index (χ1) is 13.8. The molecule has 1 aromatic heterocycles. The number of anilines is 1. The third-order valence-electron chi connectivity index (χ3n) is 4.35. The van der Waals surface area contributed by atoms with Gasteiger partial charge in [-0.3, -0.25) is 10.0 Å². The summed E-state index contributed by atoms with van der Waals surface area (Å²) in [5, 5.41) is 8.49. The van der Waals surface area contributed by atoms with Crippen molar-refractivity contribution >= 4 is 27.7 Å². The number of nitrogens with zero attached hydrogens (tertiary/aromatic N) is 2. The van der Waals surface area contributed by atoms with Gasteiger partial charge in [0.15, 0.2) is 0 Å². The number of benzene rings is 2. The largest absolute Gasteiger partial charge is 0.378 e. The summed E-state index contributed by atoms with van der Waals surface area (Å²) < 4.78 is 26.8. The Labute approximate surface area is 169 Å². The molecule has 0 aliphatic heterocycles. The number of rotatable bonds is 6. The molecule has 8 heteroatoms. The number of amides is 1. The maximum atomic E-state index is 12.8. The van der Waals surface area contributed by atoms with Crippen molar-refractivity contribution < 1.29 is 18.4 Å². The molecule has 2 aromatic carbocycles. The molecule has 3 aromatic rings. The molecule has 3 rings (SSSR count). The maximum Gasteiger partial charge on any atom is 0.267 e. The maximum absolute atomic E-state index is 12.8. The van der Waals surface area contributed by atoms with Crippen LogP contribution >= 0.6 is 0 Å². The Kier molecular flexibility index (Phi) is 5.86. The van der Waals surface area contributed by atoms with Crippen LogP contribution in [0.25, 0.3) is 17.2 Å². The highest BCUT2D eigenvalue weighted by Gasteiger charge is 2.16. The summed E-state index contributed by atoms with van der Waals surface area (Å²) >= 11 is 0. The Morgan fingerprint density at radius 1 is 1.07 bits per heavy atom. The van der Waals surface area contributed by atoms with Crippen LogP contribution < -0.4 is 10.4 Å². The zero-order chi connectivity index (χ0) is 21.0. The highest BCUT2D eigenvalue weighted by Crippen LogP contribution is 2.26. The fourth-order valence-electron chi connectivity index (χ4n) is 2.75. The number of hydrogen-bond acceptors (Lipinski definition) is 5. The quantitative estimate of drug-likeness (QED) is 0.370. The van der Waals surface area contributed by atoms with Gasteiger partial charge in [0, 0.05) is 38.3 Å². The number of aromatic nitrogens is 1. The van der Waals surface area contributed by atoms with E-state index in [1.807, 2.05) is 43.3 Å². The molecule has 0 fully saturated rings. The summed E-state index contributed by atoms with van der Waals surface area (Å²) in [6.45, 7) is 0. The molecular formula is C21H21N3O4S. The van der Waals surface area contributed by atoms with Gasteiger partial charge in [-0.1, -0.05) is 24.3 Å². The highest BCUT2D eigenvalue weighted by atomic mass is 32.2. The third-order valence-corrected chi connectivity index (χ3v) is 6.00. The summed E-state index contributed by atoms with van der Waals surface area (Å²) in [6.07, 6.45) is 5.30. The molecule has 1 heterocycles. The molecule has 0 bridgehead atoms. The summed E-state index contributed by atoms with van der Waals surface area (Å²) in [7, 11) is 0.169. The summed E-state index contributed by atoms with van der Waals surface area (Å²) in [5.74, 6) is -0.700. The van der Waals surface area contributed by atoms with Crippen LogP contribution in [0.15, 0.2) is 78.0 Å². The topological polar surface area (TPSA) is 91.6 Å². The van der Waals surface area contributed by atoms with E-state index in [1.165, 1.54) is 23.9 Å². The Hall–Kier alpha value is -3.36. The van der Waals surface area contributed by atoms with Gasteiger partial charge in [-0.15, -0.1) is 0 Å². The second-order valence-electron chi connectivity index (χ2n) is 6.56. The van der Waals surface area contributed by atoms with Gasteiger partial charge in [0.2, 0.25) is 0 Å². The number of hydrogen-bond donors (Lipinski definition) is 2. The molecule has 0 unspecified atom stereocenters. The van der Waals surface area contributed by atoms with Gasteiger partial charge in [-0.2, -0.15) is 0 Å². The lowest BCUT2D eigenvalue weighted by molar-refractivity contribution is -0.124. The van der Waals surface area contributed by atoms with E-state index < -0.39 is 15.9 Å². The first kappa shape index (κ1) is 20.4. The predicted molar refractivity (Wildman–Crippen MR) is 112 cm³/mol. The van der Waals surface area contributed by atoms with Crippen molar-refractivity contribution in [2.45, 2.75) is 4.90 Å². The molecular weight excluding hydrogens is 390 g/mol. The normalized spacial score (nSPS) is 11.6. The van der Waals surface area contributed by atoms with Gasteiger partial charge in [0.05, 0.1) is 4.90 Å². The van der Waals surface area contributed by atoms with Crippen molar-refractivity contribution in [2.24, 2.45) is 0 Å². The molecule has 0 aliphatic carbocycles. The van der Waals surface area contributed by atoms with E-state index in [0.717, 1.165) is 26.9 Å². The molecule has 0 atom stereocenters. The van der Waals surface area contributed by atoms with E-state index in [4.69, 9.17) is 5.21 Å². The van der Waals surface area contributed by atoms with Crippen LogP contribution in [0.2, 0.25) is 0 Å². The molecule has 0 spiro atoms. The van der Waals surface area contributed by atoms with Crippen LogP contribution in [0.4, 0.5) is 5.69 Å². The number of carbonyl (C=O) groups is 1. The van der Waals surface area contributed by atoms with Gasteiger partial charge in [-0.05, 0) is 53.1 Å². The van der Waals surface area contributed by atoms with E-state index in [-0.39, 0.29) is 4.90 Å². The molecule has 7 nitrogen and oxygen atoms in total. The van der Waals surface area contributed by atoms with E-state index >= 15 is 0 Å². The van der Waals surface area contributed by atoms with Gasteiger partial charge in [0.25, 0.3) is 15.9 Å². The van der Waals surface area contributed by atoms with E-state index in [0.29, 0.717) is 5.56 Å². The standard InChI is InChI=1S/C21H21N3O4S/c1-23(2)19-5-3-4-18(14-19)17-7-9-20(10-8-17)29(27,28)24-13-12-16(15-24)6-11-21(25)22-26/h3-15,26H,1-2H3,(H,22,25). The fourth-order valence-corrected chi connectivity index (χ4v) is 3.96. The molecule has 1 amide bonds. The minimum absolute atomic E-state index is 0.157. The highest BCUT2D eigenvalue weighted by molar-refractivity contribution is 7.90. The van der Waals surface area contributed by atoms with Crippen molar-refractivity contribution in [1.29, 1.82) is 0 Å². The molecule has 2 N–H and O–H groups in total. The molecule has 0 saturated heterocycles.